The van der Waals surface area contributed by atoms with E-state index in [1.54, 1.807) is 36.4 Å². The highest BCUT2D eigenvalue weighted by Gasteiger charge is 2.38. The number of amides is 1. The average molecular weight is 444 g/mol. The molecule has 0 radical (unpaired) electrons. The van der Waals surface area contributed by atoms with Crippen molar-refractivity contribution in [3.63, 3.8) is 0 Å². The second-order valence-corrected chi connectivity index (χ2v) is 10.4. The number of nitrogens with zero attached hydrogens (tertiary/aromatic N) is 2. The lowest BCUT2D eigenvalue weighted by Gasteiger charge is -2.36. The molecule has 7 nitrogen and oxygen atoms in total. The maximum Gasteiger partial charge on any atom is 0.264 e. The van der Waals surface area contributed by atoms with Gasteiger partial charge in [-0.3, -0.25) is 9.10 Å². The van der Waals surface area contributed by atoms with Gasteiger partial charge in [-0.25, -0.2) is 8.42 Å². The minimum absolute atomic E-state index is 0.0644. The van der Waals surface area contributed by atoms with Crippen molar-refractivity contribution in [2.45, 2.75) is 43.7 Å². The van der Waals surface area contributed by atoms with Gasteiger partial charge in [-0.15, -0.1) is 0 Å². The maximum atomic E-state index is 13.5. The summed E-state index contributed by atoms with van der Waals surface area (Å²) >= 11 is 0. The van der Waals surface area contributed by atoms with Gasteiger partial charge in [-0.05, 0) is 76.7 Å². The van der Waals surface area contributed by atoms with Crippen molar-refractivity contribution >= 4 is 21.6 Å². The Labute approximate surface area is 184 Å². The van der Waals surface area contributed by atoms with Crippen LogP contribution in [-0.2, 0) is 14.8 Å². The second-order valence-electron chi connectivity index (χ2n) is 8.51. The Kier molecular flexibility index (Phi) is 5.94. The van der Waals surface area contributed by atoms with E-state index in [2.05, 4.69) is 17.3 Å². The lowest BCUT2D eigenvalue weighted by atomic mass is 10.1. The van der Waals surface area contributed by atoms with Gasteiger partial charge in [0.2, 0.25) is 0 Å². The average Bonchev–Trinajstić information content (AvgIpc) is 2.74. The predicted molar refractivity (Wildman–Crippen MR) is 120 cm³/mol. The molecule has 166 valence electrons. The van der Waals surface area contributed by atoms with Gasteiger partial charge in [0.05, 0.1) is 17.1 Å². The first-order valence-corrected chi connectivity index (χ1v) is 12.0. The van der Waals surface area contributed by atoms with Crippen LogP contribution in [0.2, 0.25) is 0 Å². The number of piperidine rings is 1. The van der Waals surface area contributed by atoms with E-state index in [-0.39, 0.29) is 23.4 Å². The molecule has 0 aliphatic carbocycles. The molecule has 0 unspecified atom stereocenters. The summed E-state index contributed by atoms with van der Waals surface area (Å²) in [5.41, 5.74) is 2.36. The lowest BCUT2D eigenvalue weighted by molar-refractivity contribution is -0.128. The van der Waals surface area contributed by atoms with E-state index in [1.165, 1.54) is 4.31 Å². The zero-order valence-electron chi connectivity index (χ0n) is 18.2. The second kappa shape index (κ2) is 8.51. The van der Waals surface area contributed by atoms with E-state index in [4.69, 9.17) is 4.74 Å². The van der Waals surface area contributed by atoms with E-state index in [1.807, 2.05) is 19.9 Å². The number of carbonyl (C=O) groups excluding carboxylic acids is 1. The summed E-state index contributed by atoms with van der Waals surface area (Å²) in [5.74, 6) is 0.126. The number of sulfonamides is 1. The predicted octanol–water partition coefficient (Wildman–Crippen LogP) is 2.47. The largest absolute Gasteiger partial charge is 0.476 e. The maximum absolute atomic E-state index is 13.5. The molecular weight excluding hydrogens is 414 g/mol. The quantitative estimate of drug-likeness (QED) is 0.785. The summed E-state index contributed by atoms with van der Waals surface area (Å²) in [5, 5.41) is 3.06. The number of fused-ring (bicyclic) bond motifs is 1. The lowest BCUT2D eigenvalue weighted by Crippen LogP contribution is -2.53. The molecule has 2 aromatic rings. The molecular formula is C23H29N3O4S. The van der Waals surface area contributed by atoms with Crippen LogP contribution in [0, 0.1) is 13.8 Å². The van der Waals surface area contributed by atoms with Crippen LogP contribution < -0.4 is 14.4 Å². The Morgan fingerprint density at radius 2 is 1.68 bits per heavy atom. The number of hydrogen-bond donors (Lipinski definition) is 1. The molecule has 0 bridgehead atoms. The highest BCUT2D eigenvalue weighted by atomic mass is 32.2. The zero-order chi connectivity index (χ0) is 22.2. The minimum atomic E-state index is -3.85. The number of ether oxygens (including phenoxy) is 1. The number of rotatable bonds is 4. The standard InChI is InChI=1S/C23H29N3O4S/c1-16-4-7-19(8-5-16)31(28,29)26-15-22(30-21-9-6-17(2)14-20(21)26)23(27)24-18-10-12-25(3)13-11-18/h4-9,14,18,22H,10-13,15H2,1-3H3,(H,24,27)/t22-/m0/s1. The Morgan fingerprint density at radius 1 is 1.03 bits per heavy atom. The zero-order valence-corrected chi connectivity index (χ0v) is 19.0. The molecule has 4 rings (SSSR count). The monoisotopic (exact) mass is 443 g/mol. The molecule has 0 saturated carbocycles. The molecule has 0 spiro atoms. The molecule has 8 heteroatoms. The molecule has 31 heavy (non-hydrogen) atoms. The third-order valence-corrected chi connectivity index (χ3v) is 7.74. The fraction of sp³-hybridized carbons (Fsp3) is 0.435. The van der Waals surface area contributed by atoms with Gasteiger partial charge in [-0.2, -0.15) is 0 Å². The third-order valence-electron chi connectivity index (χ3n) is 5.95. The van der Waals surface area contributed by atoms with Gasteiger partial charge in [0, 0.05) is 6.04 Å². The smallest absolute Gasteiger partial charge is 0.264 e. The van der Waals surface area contributed by atoms with Crippen molar-refractivity contribution in [3.05, 3.63) is 53.6 Å². The fourth-order valence-corrected chi connectivity index (χ4v) is 5.48. The number of anilines is 1. The Bertz CT molecular complexity index is 1060. The molecule has 2 aliphatic rings. The van der Waals surface area contributed by atoms with E-state index < -0.39 is 16.1 Å². The molecule has 2 heterocycles. The molecule has 2 aliphatic heterocycles. The molecule has 1 amide bonds. The molecule has 0 aromatic heterocycles. The van der Waals surface area contributed by atoms with Crippen molar-refractivity contribution < 1.29 is 17.9 Å². The van der Waals surface area contributed by atoms with Gasteiger partial charge in [-0.1, -0.05) is 23.8 Å². The van der Waals surface area contributed by atoms with Gasteiger partial charge in [0.15, 0.2) is 6.10 Å². The van der Waals surface area contributed by atoms with E-state index in [9.17, 15) is 13.2 Å². The van der Waals surface area contributed by atoms with Crippen molar-refractivity contribution in [1.82, 2.24) is 10.2 Å². The van der Waals surface area contributed by atoms with Crippen molar-refractivity contribution in [2.24, 2.45) is 0 Å². The number of hydrogen-bond acceptors (Lipinski definition) is 5. The van der Waals surface area contributed by atoms with Crippen LogP contribution in [0.1, 0.15) is 24.0 Å². The van der Waals surface area contributed by atoms with Crippen LogP contribution in [-0.4, -0.2) is 58.1 Å². The fourth-order valence-electron chi connectivity index (χ4n) is 4.01. The third kappa shape index (κ3) is 4.55. The summed E-state index contributed by atoms with van der Waals surface area (Å²) in [7, 11) is -1.78. The molecule has 1 fully saturated rings. The van der Waals surface area contributed by atoms with Gasteiger partial charge in [0.25, 0.3) is 15.9 Å². The first kappa shape index (κ1) is 21.6. The van der Waals surface area contributed by atoms with Crippen LogP contribution in [0.25, 0.3) is 0 Å². The SMILES string of the molecule is Cc1ccc(S(=O)(=O)N2C[C@@H](C(=O)NC3CCN(C)CC3)Oc3ccc(C)cc32)cc1. The van der Waals surface area contributed by atoms with E-state index >= 15 is 0 Å². The number of likely N-dealkylation sites (tertiary alicyclic amines) is 1. The van der Waals surface area contributed by atoms with Crippen LogP contribution in [0.5, 0.6) is 5.75 Å². The van der Waals surface area contributed by atoms with E-state index in [0.717, 1.165) is 37.1 Å². The minimum Gasteiger partial charge on any atom is -0.476 e. The number of carbonyl (C=O) groups is 1. The Hall–Kier alpha value is -2.58. The summed E-state index contributed by atoms with van der Waals surface area (Å²) in [6, 6.07) is 12.2. The summed E-state index contributed by atoms with van der Waals surface area (Å²) in [4.78, 5) is 15.4. The number of benzene rings is 2. The topological polar surface area (TPSA) is 79.0 Å². The van der Waals surface area contributed by atoms with E-state index in [0.29, 0.717) is 11.4 Å². The Balaban J connectivity index is 1.62. The van der Waals surface area contributed by atoms with Gasteiger partial charge >= 0.3 is 0 Å². The normalized spacial score (nSPS) is 20.1. The number of aryl methyl sites for hydroxylation is 2. The number of nitrogens with one attached hydrogen (secondary N) is 1. The molecule has 1 N–H and O–H groups in total. The first-order valence-electron chi connectivity index (χ1n) is 10.6. The van der Waals surface area contributed by atoms with Crippen molar-refractivity contribution in [3.8, 4) is 5.75 Å². The highest BCUT2D eigenvalue weighted by molar-refractivity contribution is 7.92. The van der Waals surface area contributed by atoms with Crippen LogP contribution >= 0.6 is 0 Å². The van der Waals surface area contributed by atoms with Crippen LogP contribution in [0.4, 0.5) is 5.69 Å². The molecule has 1 saturated heterocycles. The summed E-state index contributed by atoms with van der Waals surface area (Å²) in [6.07, 6.45) is 0.835. The molecule has 1 atom stereocenters. The van der Waals surface area contributed by atoms with Crippen molar-refractivity contribution in [1.29, 1.82) is 0 Å². The first-order chi connectivity index (χ1) is 14.7. The van der Waals surface area contributed by atoms with Crippen LogP contribution in [0.15, 0.2) is 47.4 Å². The molecule has 2 aromatic carbocycles. The summed E-state index contributed by atoms with van der Waals surface area (Å²) in [6.45, 7) is 5.59. The van der Waals surface area contributed by atoms with Crippen molar-refractivity contribution in [2.75, 3.05) is 31.0 Å². The van der Waals surface area contributed by atoms with Gasteiger partial charge in [0.1, 0.15) is 5.75 Å². The van der Waals surface area contributed by atoms with Gasteiger partial charge < -0.3 is 15.0 Å². The van der Waals surface area contributed by atoms with Crippen LogP contribution in [0.3, 0.4) is 0 Å². The highest BCUT2D eigenvalue weighted by Crippen LogP contribution is 2.37. The Morgan fingerprint density at radius 3 is 2.35 bits per heavy atom. The summed E-state index contributed by atoms with van der Waals surface area (Å²) < 4.78 is 34.3.